The van der Waals surface area contributed by atoms with Crippen LogP contribution >= 0.6 is 23.2 Å². The molecule has 1 unspecified atom stereocenters. The first kappa shape index (κ1) is 12.4. The number of benzene rings is 1. The molecule has 1 N–H and O–H groups in total. The van der Waals surface area contributed by atoms with Crippen molar-refractivity contribution < 1.29 is 5.11 Å². The van der Waals surface area contributed by atoms with E-state index in [0.717, 1.165) is 5.52 Å². The van der Waals surface area contributed by atoms with E-state index in [0.29, 0.717) is 21.2 Å². The van der Waals surface area contributed by atoms with Crippen LogP contribution in [-0.2, 0) is 0 Å². The lowest BCUT2D eigenvalue weighted by molar-refractivity contribution is 0.222. The third kappa shape index (κ3) is 2.18. The zero-order valence-electron chi connectivity index (χ0n) is 9.66. The maximum atomic E-state index is 10.4. The molecule has 1 atom stereocenters. The minimum atomic E-state index is -0.823. The number of aromatic nitrogens is 3. The smallest absolute Gasteiger partial charge is 0.108 e. The fraction of sp³-hybridized carbons (Fsp3) is 0.0769. The van der Waals surface area contributed by atoms with Crippen molar-refractivity contribution in [3.63, 3.8) is 0 Å². The first-order valence-electron chi connectivity index (χ1n) is 5.57. The zero-order chi connectivity index (χ0) is 13.4. The molecule has 0 spiro atoms. The Morgan fingerprint density at radius 3 is 2.79 bits per heavy atom. The van der Waals surface area contributed by atoms with E-state index in [1.807, 2.05) is 0 Å². The highest BCUT2D eigenvalue weighted by Gasteiger charge is 2.16. The molecule has 0 aliphatic heterocycles. The van der Waals surface area contributed by atoms with Crippen molar-refractivity contribution in [2.45, 2.75) is 6.10 Å². The fourth-order valence-corrected chi connectivity index (χ4v) is 2.23. The van der Waals surface area contributed by atoms with Crippen LogP contribution in [0.4, 0.5) is 0 Å². The average Bonchev–Trinajstić information content (AvgIpc) is 2.85. The van der Waals surface area contributed by atoms with Gasteiger partial charge in [0.25, 0.3) is 0 Å². The van der Waals surface area contributed by atoms with Crippen LogP contribution in [0.1, 0.15) is 17.2 Å². The molecule has 2 aromatic heterocycles. The number of aliphatic hydroxyl groups is 1. The van der Waals surface area contributed by atoms with Gasteiger partial charge in [-0.25, -0.2) is 4.52 Å². The summed E-state index contributed by atoms with van der Waals surface area (Å²) in [6, 6.07) is 5.04. The van der Waals surface area contributed by atoms with Crippen molar-refractivity contribution in [2.75, 3.05) is 0 Å². The average molecular weight is 294 g/mol. The Morgan fingerprint density at radius 1 is 1.16 bits per heavy atom. The molecular formula is C13H9Cl2N3O. The van der Waals surface area contributed by atoms with E-state index in [4.69, 9.17) is 23.2 Å². The molecule has 0 saturated heterocycles. The summed E-state index contributed by atoms with van der Waals surface area (Å²) in [5.41, 5.74) is 2.08. The van der Waals surface area contributed by atoms with E-state index in [-0.39, 0.29) is 0 Å². The van der Waals surface area contributed by atoms with Crippen molar-refractivity contribution in [1.82, 2.24) is 14.6 Å². The molecule has 0 bridgehead atoms. The maximum Gasteiger partial charge on any atom is 0.108 e. The number of aliphatic hydroxyl groups excluding tert-OH is 1. The number of hydrogen-bond donors (Lipinski definition) is 1. The monoisotopic (exact) mass is 293 g/mol. The van der Waals surface area contributed by atoms with Crippen LogP contribution in [0.2, 0.25) is 10.0 Å². The quantitative estimate of drug-likeness (QED) is 0.790. The Labute approximate surface area is 119 Å². The van der Waals surface area contributed by atoms with Crippen molar-refractivity contribution >= 4 is 28.7 Å². The predicted molar refractivity (Wildman–Crippen MR) is 73.5 cm³/mol. The van der Waals surface area contributed by atoms with Gasteiger partial charge in [-0.3, -0.25) is 4.98 Å². The van der Waals surface area contributed by atoms with Crippen LogP contribution in [0.15, 0.2) is 43.0 Å². The zero-order valence-corrected chi connectivity index (χ0v) is 11.2. The van der Waals surface area contributed by atoms with Crippen LogP contribution in [-0.4, -0.2) is 19.7 Å². The molecule has 0 fully saturated rings. The summed E-state index contributed by atoms with van der Waals surface area (Å²) in [4.78, 5) is 4.03. The summed E-state index contributed by atoms with van der Waals surface area (Å²) in [6.45, 7) is 0. The molecule has 0 aliphatic rings. The Hall–Kier alpha value is -1.62. The summed E-state index contributed by atoms with van der Waals surface area (Å²) in [7, 11) is 0. The van der Waals surface area contributed by atoms with Gasteiger partial charge in [-0.2, -0.15) is 5.10 Å². The Balaban J connectivity index is 2.08. The lowest BCUT2D eigenvalue weighted by Crippen LogP contribution is -1.99. The number of fused-ring (bicyclic) bond motifs is 1. The van der Waals surface area contributed by atoms with Gasteiger partial charge in [0, 0.05) is 18.0 Å². The fourth-order valence-electron chi connectivity index (χ4n) is 1.93. The summed E-state index contributed by atoms with van der Waals surface area (Å²) in [5, 5.41) is 15.4. The second kappa shape index (κ2) is 4.81. The normalized spacial score (nSPS) is 12.8. The highest BCUT2D eigenvalue weighted by molar-refractivity contribution is 6.42. The van der Waals surface area contributed by atoms with Crippen LogP contribution in [0, 0.1) is 0 Å². The Kier molecular flexibility index (Phi) is 3.14. The number of hydrogen-bond acceptors (Lipinski definition) is 3. The molecule has 96 valence electrons. The first-order chi connectivity index (χ1) is 9.16. The molecule has 0 amide bonds. The van der Waals surface area contributed by atoms with Gasteiger partial charge in [-0.15, -0.1) is 0 Å². The molecule has 3 rings (SSSR count). The van der Waals surface area contributed by atoms with Gasteiger partial charge in [0.2, 0.25) is 0 Å². The largest absolute Gasteiger partial charge is 0.384 e. The van der Waals surface area contributed by atoms with Crippen molar-refractivity contribution in [3.8, 4) is 0 Å². The second-order valence-electron chi connectivity index (χ2n) is 4.08. The van der Waals surface area contributed by atoms with E-state index in [9.17, 15) is 5.11 Å². The Bertz CT molecular complexity index is 742. The van der Waals surface area contributed by atoms with Gasteiger partial charge < -0.3 is 5.11 Å². The highest BCUT2D eigenvalue weighted by Crippen LogP contribution is 2.30. The third-order valence-corrected chi connectivity index (χ3v) is 3.65. The molecule has 1 aromatic carbocycles. The van der Waals surface area contributed by atoms with E-state index in [1.54, 1.807) is 47.5 Å². The van der Waals surface area contributed by atoms with Crippen LogP contribution in [0.5, 0.6) is 0 Å². The lowest BCUT2D eigenvalue weighted by Gasteiger charge is -2.10. The SMILES string of the molecule is OC(c1ccc(Cl)c(Cl)c1)c1cnn2ccncc12. The molecule has 3 aromatic rings. The summed E-state index contributed by atoms with van der Waals surface area (Å²) in [5.74, 6) is 0. The molecule has 0 saturated carbocycles. The van der Waals surface area contributed by atoms with Crippen molar-refractivity contribution in [1.29, 1.82) is 0 Å². The summed E-state index contributed by atoms with van der Waals surface area (Å²) < 4.78 is 1.66. The molecular weight excluding hydrogens is 285 g/mol. The van der Waals surface area contributed by atoms with Gasteiger partial charge in [0.05, 0.1) is 28.0 Å². The topological polar surface area (TPSA) is 50.4 Å². The summed E-state index contributed by atoms with van der Waals surface area (Å²) in [6.07, 6.45) is 5.81. The predicted octanol–water partition coefficient (Wildman–Crippen LogP) is 3.12. The van der Waals surface area contributed by atoms with Gasteiger partial charge in [-0.05, 0) is 17.7 Å². The first-order valence-corrected chi connectivity index (χ1v) is 6.32. The number of rotatable bonds is 2. The molecule has 0 aliphatic carbocycles. The minimum Gasteiger partial charge on any atom is -0.384 e. The van der Waals surface area contributed by atoms with E-state index in [2.05, 4.69) is 10.1 Å². The van der Waals surface area contributed by atoms with Crippen molar-refractivity contribution in [3.05, 3.63) is 64.2 Å². The second-order valence-corrected chi connectivity index (χ2v) is 4.90. The van der Waals surface area contributed by atoms with Gasteiger partial charge in [0.15, 0.2) is 0 Å². The highest BCUT2D eigenvalue weighted by atomic mass is 35.5. The third-order valence-electron chi connectivity index (χ3n) is 2.91. The van der Waals surface area contributed by atoms with Crippen LogP contribution in [0.3, 0.4) is 0 Å². The van der Waals surface area contributed by atoms with Gasteiger partial charge in [0.1, 0.15) is 6.10 Å². The standard InChI is InChI=1S/C13H9Cl2N3O/c14-10-2-1-8(5-11(10)15)13(19)9-6-17-18-4-3-16-7-12(9)18/h1-7,13,19H. The maximum absolute atomic E-state index is 10.4. The Morgan fingerprint density at radius 2 is 2.00 bits per heavy atom. The molecule has 4 nitrogen and oxygen atoms in total. The summed E-state index contributed by atoms with van der Waals surface area (Å²) >= 11 is 11.8. The van der Waals surface area contributed by atoms with E-state index >= 15 is 0 Å². The van der Waals surface area contributed by atoms with Crippen LogP contribution in [0.25, 0.3) is 5.52 Å². The molecule has 0 radical (unpaired) electrons. The van der Waals surface area contributed by atoms with E-state index in [1.165, 1.54) is 0 Å². The molecule has 19 heavy (non-hydrogen) atoms. The van der Waals surface area contributed by atoms with Crippen LogP contribution < -0.4 is 0 Å². The lowest BCUT2D eigenvalue weighted by atomic mass is 10.0. The number of halogens is 2. The van der Waals surface area contributed by atoms with Crippen molar-refractivity contribution in [2.24, 2.45) is 0 Å². The van der Waals surface area contributed by atoms with Gasteiger partial charge in [-0.1, -0.05) is 29.3 Å². The molecule has 2 heterocycles. The molecule has 6 heteroatoms. The minimum absolute atomic E-state index is 0.410. The van der Waals surface area contributed by atoms with Gasteiger partial charge >= 0.3 is 0 Å². The number of nitrogens with zero attached hydrogens (tertiary/aromatic N) is 3. The van der Waals surface area contributed by atoms with E-state index < -0.39 is 6.10 Å².